The first kappa shape index (κ1) is 18.9. The Hall–Kier alpha value is -2.13. The molecular weight excluding hydrogens is 300 g/mol. The summed E-state index contributed by atoms with van der Waals surface area (Å²) in [5.74, 6) is 0.746. The number of hydrogen-bond acceptors (Lipinski definition) is 3. The lowest BCUT2D eigenvalue weighted by molar-refractivity contribution is 1.22. The SMILES string of the molecule is C=C1/C=C\C=C/CN=C(C)N=C(c2ccccc2)C(=C)S1.CC. The van der Waals surface area contributed by atoms with Crippen LogP contribution in [0.1, 0.15) is 26.3 Å². The van der Waals surface area contributed by atoms with Crippen molar-refractivity contribution in [3.63, 3.8) is 0 Å². The van der Waals surface area contributed by atoms with Gasteiger partial charge in [-0.25, -0.2) is 4.99 Å². The molecule has 120 valence electrons. The van der Waals surface area contributed by atoms with E-state index in [1.165, 1.54) is 11.8 Å². The zero-order valence-corrected chi connectivity index (χ0v) is 14.9. The van der Waals surface area contributed by atoms with Gasteiger partial charge < -0.3 is 0 Å². The summed E-state index contributed by atoms with van der Waals surface area (Å²) >= 11 is 1.52. The zero-order valence-electron chi connectivity index (χ0n) is 14.1. The van der Waals surface area contributed by atoms with E-state index in [0.29, 0.717) is 6.54 Å². The Balaban J connectivity index is 0.00000127. The van der Waals surface area contributed by atoms with Crippen LogP contribution in [0.4, 0.5) is 0 Å². The Bertz CT molecular complexity index is 649. The molecule has 0 atom stereocenters. The highest BCUT2D eigenvalue weighted by molar-refractivity contribution is 8.07. The summed E-state index contributed by atoms with van der Waals surface area (Å²) < 4.78 is 0. The minimum atomic E-state index is 0.619. The molecule has 0 N–H and O–H groups in total. The van der Waals surface area contributed by atoms with Crippen LogP contribution in [-0.2, 0) is 0 Å². The van der Waals surface area contributed by atoms with Crippen molar-refractivity contribution in [1.29, 1.82) is 0 Å². The second kappa shape index (κ2) is 10.6. The van der Waals surface area contributed by atoms with E-state index in [1.807, 2.05) is 75.4 Å². The van der Waals surface area contributed by atoms with Crippen LogP contribution in [0.5, 0.6) is 0 Å². The fourth-order valence-electron chi connectivity index (χ4n) is 1.81. The van der Waals surface area contributed by atoms with Crippen LogP contribution in [0, 0.1) is 0 Å². The predicted octanol–water partition coefficient (Wildman–Crippen LogP) is 5.81. The molecule has 3 heteroatoms. The van der Waals surface area contributed by atoms with Crippen molar-refractivity contribution in [2.24, 2.45) is 9.98 Å². The Kier molecular flexibility index (Phi) is 8.70. The summed E-state index contributed by atoms with van der Waals surface area (Å²) in [6.45, 7) is 14.7. The smallest absolute Gasteiger partial charge is 0.121 e. The zero-order chi connectivity index (χ0) is 17.1. The minimum absolute atomic E-state index is 0.619. The van der Waals surface area contributed by atoms with Crippen LogP contribution in [0.15, 0.2) is 87.6 Å². The minimum Gasteiger partial charge on any atom is -0.267 e. The molecule has 0 saturated heterocycles. The molecule has 1 heterocycles. The first-order chi connectivity index (χ1) is 11.2. The molecule has 1 aromatic rings. The highest BCUT2D eigenvalue weighted by Gasteiger charge is 2.10. The van der Waals surface area contributed by atoms with Crippen molar-refractivity contribution in [1.82, 2.24) is 0 Å². The van der Waals surface area contributed by atoms with E-state index in [9.17, 15) is 0 Å². The van der Waals surface area contributed by atoms with Gasteiger partial charge in [-0.1, -0.05) is 87.3 Å². The average molecular weight is 324 g/mol. The van der Waals surface area contributed by atoms with Gasteiger partial charge in [0.05, 0.1) is 12.3 Å². The van der Waals surface area contributed by atoms with Crippen LogP contribution in [0.3, 0.4) is 0 Å². The second-order valence-corrected chi connectivity index (χ2v) is 5.71. The summed E-state index contributed by atoms with van der Waals surface area (Å²) in [4.78, 5) is 10.9. The first-order valence-electron chi connectivity index (χ1n) is 7.71. The molecule has 0 saturated carbocycles. The lowest BCUT2D eigenvalue weighted by Gasteiger charge is -2.10. The van der Waals surface area contributed by atoms with Crippen molar-refractivity contribution in [2.75, 3.05) is 6.54 Å². The number of rotatable bonds is 1. The molecule has 2 nitrogen and oxygen atoms in total. The number of nitrogens with zero attached hydrogens (tertiary/aromatic N) is 2. The summed E-state index contributed by atoms with van der Waals surface area (Å²) in [5, 5.41) is 0. The normalized spacial score (nSPS) is 18.4. The van der Waals surface area contributed by atoms with E-state index in [2.05, 4.69) is 23.1 Å². The quantitative estimate of drug-likeness (QED) is 0.640. The third kappa shape index (κ3) is 6.66. The van der Waals surface area contributed by atoms with Crippen LogP contribution >= 0.6 is 11.8 Å². The fourth-order valence-corrected chi connectivity index (χ4v) is 2.53. The maximum atomic E-state index is 4.64. The third-order valence-electron chi connectivity index (χ3n) is 2.79. The maximum Gasteiger partial charge on any atom is 0.121 e. The van der Waals surface area contributed by atoms with Crippen LogP contribution < -0.4 is 0 Å². The lowest BCUT2D eigenvalue weighted by Crippen LogP contribution is -2.05. The number of allylic oxidation sites excluding steroid dienone is 4. The summed E-state index contributed by atoms with van der Waals surface area (Å²) in [5.41, 5.74) is 1.88. The number of thioether (sulfide) groups is 1. The molecule has 0 aromatic heterocycles. The molecule has 1 aliphatic rings. The van der Waals surface area contributed by atoms with Gasteiger partial charge in [0.1, 0.15) is 5.84 Å². The Morgan fingerprint density at radius 3 is 2.43 bits per heavy atom. The van der Waals surface area contributed by atoms with Gasteiger partial charge in [-0.05, 0) is 13.0 Å². The standard InChI is InChI=1S/C18H18N2S.C2H6/c1-14-10-6-5-9-13-19-16(3)20-18(15(2)21-14)17-11-7-4-8-12-17;1-2/h4-12H,1-2,13H2,3H3;1-2H3/b9-5-,10-6-,19-16?,20-18?;. The molecule has 0 aliphatic carbocycles. The second-order valence-electron chi connectivity index (χ2n) is 4.49. The van der Waals surface area contributed by atoms with Crippen molar-refractivity contribution in [3.05, 3.63) is 83.2 Å². The number of aliphatic imine (C=N–C) groups is 2. The van der Waals surface area contributed by atoms with Gasteiger partial charge in [-0.15, -0.1) is 0 Å². The van der Waals surface area contributed by atoms with E-state index in [4.69, 9.17) is 0 Å². The van der Waals surface area contributed by atoms with Crippen LogP contribution in [0.2, 0.25) is 0 Å². The Labute approximate surface area is 144 Å². The van der Waals surface area contributed by atoms with Gasteiger partial charge in [-0.3, -0.25) is 4.99 Å². The number of hydrogen-bond donors (Lipinski definition) is 0. The summed E-state index contributed by atoms with van der Waals surface area (Å²) in [6.07, 6.45) is 7.89. The third-order valence-corrected chi connectivity index (χ3v) is 3.63. The summed E-state index contributed by atoms with van der Waals surface area (Å²) in [7, 11) is 0. The molecule has 0 fully saturated rings. The van der Waals surface area contributed by atoms with Gasteiger partial charge in [0, 0.05) is 15.4 Å². The average Bonchev–Trinajstić information content (AvgIpc) is 2.57. The van der Waals surface area contributed by atoms with Crippen LogP contribution in [-0.4, -0.2) is 18.1 Å². The predicted molar refractivity (Wildman–Crippen MR) is 106 cm³/mol. The molecular formula is C20H24N2S. The fraction of sp³-hybridized carbons (Fsp3) is 0.200. The molecule has 0 radical (unpaired) electrons. The highest BCUT2D eigenvalue weighted by Crippen LogP contribution is 2.27. The van der Waals surface area contributed by atoms with Gasteiger partial charge in [0.15, 0.2) is 0 Å². The summed E-state index contributed by atoms with van der Waals surface area (Å²) in [6, 6.07) is 10.0. The van der Waals surface area contributed by atoms with Gasteiger partial charge in [0.25, 0.3) is 0 Å². The van der Waals surface area contributed by atoms with Gasteiger partial charge >= 0.3 is 0 Å². The van der Waals surface area contributed by atoms with E-state index >= 15 is 0 Å². The molecule has 23 heavy (non-hydrogen) atoms. The number of amidine groups is 1. The maximum absolute atomic E-state index is 4.64. The van der Waals surface area contributed by atoms with Gasteiger partial charge in [-0.2, -0.15) is 0 Å². The molecule has 0 spiro atoms. The van der Waals surface area contributed by atoms with E-state index in [1.54, 1.807) is 0 Å². The molecule has 1 aromatic carbocycles. The Morgan fingerprint density at radius 1 is 1.04 bits per heavy atom. The topological polar surface area (TPSA) is 24.7 Å². The molecule has 0 unspecified atom stereocenters. The van der Waals surface area contributed by atoms with Crippen molar-refractivity contribution in [3.8, 4) is 0 Å². The largest absolute Gasteiger partial charge is 0.267 e. The van der Waals surface area contributed by atoms with Gasteiger partial charge in [0.2, 0.25) is 0 Å². The molecule has 0 amide bonds. The molecule has 0 bridgehead atoms. The van der Waals surface area contributed by atoms with Crippen LogP contribution in [0.25, 0.3) is 0 Å². The molecule has 2 rings (SSSR count). The van der Waals surface area contributed by atoms with E-state index < -0.39 is 0 Å². The number of benzene rings is 1. The van der Waals surface area contributed by atoms with E-state index in [-0.39, 0.29) is 0 Å². The molecule has 1 aliphatic heterocycles. The monoisotopic (exact) mass is 324 g/mol. The Morgan fingerprint density at radius 2 is 1.74 bits per heavy atom. The highest BCUT2D eigenvalue weighted by atomic mass is 32.2. The van der Waals surface area contributed by atoms with Crippen molar-refractivity contribution >= 4 is 23.3 Å². The van der Waals surface area contributed by atoms with E-state index in [0.717, 1.165) is 26.9 Å². The first-order valence-corrected chi connectivity index (χ1v) is 8.53. The van der Waals surface area contributed by atoms with Crippen molar-refractivity contribution < 1.29 is 0 Å². The lowest BCUT2D eigenvalue weighted by atomic mass is 10.1. The van der Waals surface area contributed by atoms with Crippen molar-refractivity contribution in [2.45, 2.75) is 20.8 Å².